The van der Waals surface area contributed by atoms with Gasteiger partial charge in [-0.2, -0.15) is 0 Å². The van der Waals surface area contributed by atoms with Gasteiger partial charge in [0, 0.05) is 10.6 Å². The summed E-state index contributed by atoms with van der Waals surface area (Å²) in [7, 11) is 0. The molecule has 1 aromatic carbocycles. The van der Waals surface area contributed by atoms with Gasteiger partial charge < -0.3 is 5.32 Å². The van der Waals surface area contributed by atoms with Gasteiger partial charge in [-0.25, -0.2) is 0 Å². The first kappa shape index (κ1) is 11.5. The molecule has 1 atom stereocenters. The Balaban J connectivity index is 2.01. The van der Waals surface area contributed by atoms with Crippen LogP contribution in [0.25, 0.3) is 0 Å². The number of hydrogen-bond donors (Lipinski definition) is 1. The molecule has 3 rings (SSSR count). The Morgan fingerprint density at radius 1 is 1.33 bits per heavy atom. The van der Waals surface area contributed by atoms with Crippen molar-refractivity contribution in [1.29, 1.82) is 0 Å². The number of benzene rings is 1. The highest BCUT2D eigenvalue weighted by molar-refractivity contribution is 7.09. The van der Waals surface area contributed by atoms with Crippen molar-refractivity contribution in [3.05, 3.63) is 51.2 Å². The van der Waals surface area contributed by atoms with E-state index in [1.165, 1.54) is 10.4 Å². The van der Waals surface area contributed by atoms with E-state index in [1.54, 1.807) is 11.3 Å². The van der Waals surface area contributed by atoms with Crippen LogP contribution in [0.2, 0.25) is 0 Å². The largest absolute Gasteiger partial charge is 0.325 e. The van der Waals surface area contributed by atoms with Crippen LogP contribution in [0.1, 0.15) is 27.5 Å². The van der Waals surface area contributed by atoms with E-state index in [9.17, 15) is 4.79 Å². The van der Waals surface area contributed by atoms with Crippen LogP contribution in [0.15, 0.2) is 29.6 Å². The number of thiophene rings is 1. The lowest BCUT2D eigenvalue weighted by molar-refractivity contribution is -0.117. The summed E-state index contributed by atoms with van der Waals surface area (Å²) in [6.07, 6.45) is 0.805. The molecule has 1 N–H and O–H groups in total. The van der Waals surface area contributed by atoms with Gasteiger partial charge in [0.15, 0.2) is 0 Å². The SMILES string of the molecule is Cc1cc(C)c2c(c1)[C@H](Cc1cccs1)C(=O)N2. The van der Waals surface area contributed by atoms with Gasteiger partial charge in [-0.3, -0.25) is 4.79 Å². The first-order chi connectivity index (χ1) is 8.65. The van der Waals surface area contributed by atoms with E-state index >= 15 is 0 Å². The molecule has 0 saturated carbocycles. The van der Waals surface area contributed by atoms with Gasteiger partial charge >= 0.3 is 0 Å². The third kappa shape index (κ3) is 1.85. The van der Waals surface area contributed by atoms with Gasteiger partial charge in [-0.15, -0.1) is 11.3 Å². The molecule has 0 fully saturated rings. The maximum absolute atomic E-state index is 12.1. The van der Waals surface area contributed by atoms with Gasteiger partial charge in [0.2, 0.25) is 5.91 Å². The topological polar surface area (TPSA) is 29.1 Å². The molecule has 0 spiro atoms. The lowest BCUT2D eigenvalue weighted by Crippen LogP contribution is -2.13. The maximum Gasteiger partial charge on any atom is 0.232 e. The summed E-state index contributed by atoms with van der Waals surface area (Å²) in [5, 5.41) is 5.08. The lowest BCUT2D eigenvalue weighted by Gasteiger charge is -2.09. The minimum absolute atomic E-state index is 0.0303. The highest BCUT2D eigenvalue weighted by Gasteiger charge is 2.31. The molecule has 92 valence electrons. The molecular weight excluding hydrogens is 242 g/mol. The van der Waals surface area contributed by atoms with E-state index in [4.69, 9.17) is 0 Å². The van der Waals surface area contributed by atoms with Gasteiger partial charge in [0.05, 0.1) is 5.92 Å². The maximum atomic E-state index is 12.1. The van der Waals surface area contributed by atoms with Crippen LogP contribution < -0.4 is 5.32 Å². The van der Waals surface area contributed by atoms with E-state index in [2.05, 4.69) is 42.7 Å². The number of amides is 1. The van der Waals surface area contributed by atoms with E-state index in [-0.39, 0.29) is 11.8 Å². The normalized spacial score (nSPS) is 17.7. The quantitative estimate of drug-likeness (QED) is 0.874. The van der Waals surface area contributed by atoms with Gasteiger partial charge in [-0.1, -0.05) is 23.8 Å². The van der Waals surface area contributed by atoms with Gasteiger partial charge in [0.25, 0.3) is 0 Å². The van der Waals surface area contributed by atoms with Crippen LogP contribution in [0, 0.1) is 13.8 Å². The molecule has 0 bridgehead atoms. The van der Waals surface area contributed by atoms with Crippen molar-refractivity contribution in [3.63, 3.8) is 0 Å². The predicted molar refractivity (Wildman–Crippen MR) is 75.3 cm³/mol. The number of aryl methyl sites for hydroxylation is 2. The van der Waals surface area contributed by atoms with Crippen LogP contribution in [0.4, 0.5) is 5.69 Å². The summed E-state index contributed by atoms with van der Waals surface area (Å²) in [6.45, 7) is 4.14. The van der Waals surface area contributed by atoms with Crippen molar-refractivity contribution in [2.24, 2.45) is 0 Å². The molecule has 1 aliphatic rings. The number of hydrogen-bond acceptors (Lipinski definition) is 2. The predicted octanol–water partition coefficient (Wildman–Crippen LogP) is 3.64. The van der Waals surface area contributed by atoms with E-state index < -0.39 is 0 Å². The average Bonchev–Trinajstić information content (AvgIpc) is 2.91. The Bertz CT molecular complexity index is 601. The Kier molecular flexibility index (Phi) is 2.71. The van der Waals surface area contributed by atoms with Crippen molar-refractivity contribution in [3.8, 4) is 0 Å². The highest BCUT2D eigenvalue weighted by atomic mass is 32.1. The summed E-state index contributed by atoms with van der Waals surface area (Å²) in [6, 6.07) is 8.39. The second kappa shape index (κ2) is 4.25. The number of carbonyl (C=O) groups is 1. The second-order valence-corrected chi connectivity index (χ2v) is 5.90. The molecule has 2 aromatic rings. The molecule has 3 heteroatoms. The Hall–Kier alpha value is -1.61. The standard InChI is InChI=1S/C15H15NOS/c1-9-6-10(2)14-12(7-9)13(15(17)16-14)8-11-4-3-5-18-11/h3-7,13H,8H2,1-2H3,(H,16,17)/t13-/m0/s1. The van der Waals surface area contributed by atoms with Crippen molar-refractivity contribution in [2.45, 2.75) is 26.2 Å². The molecule has 1 amide bonds. The number of fused-ring (bicyclic) bond motifs is 1. The van der Waals surface area contributed by atoms with Crippen LogP contribution >= 0.6 is 11.3 Å². The summed E-state index contributed by atoms with van der Waals surface area (Å²) in [5.41, 5.74) is 4.56. The molecular formula is C15H15NOS. The van der Waals surface area contributed by atoms with Crippen LogP contribution in [-0.4, -0.2) is 5.91 Å². The van der Waals surface area contributed by atoms with Crippen molar-refractivity contribution in [1.82, 2.24) is 0 Å². The first-order valence-electron chi connectivity index (χ1n) is 6.09. The van der Waals surface area contributed by atoms with Crippen molar-refractivity contribution in [2.75, 3.05) is 5.32 Å². The Morgan fingerprint density at radius 2 is 2.17 bits per heavy atom. The fraction of sp³-hybridized carbons (Fsp3) is 0.267. The zero-order valence-corrected chi connectivity index (χ0v) is 11.3. The zero-order valence-electron chi connectivity index (χ0n) is 10.5. The zero-order chi connectivity index (χ0) is 12.7. The third-order valence-electron chi connectivity index (χ3n) is 3.44. The van der Waals surface area contributed by atoms with Crippen LogP contribution in [0.3, 0.4) is 0 Å². The van der Waals surface area contributed by atoms with Gasteiger partial charge in [-0.05, 0) is 42.8 Å². The highest BCUT2D eigenvalue weighted by Crippen LogP contribution is 2.38. The van der Waals surface area contributed by atoms with Crippen LogP contribution in [0.5, 0.6) is 0 Å². The van der Waals surface area contributed by atoms with E-state index in [0.717, 1.165) is 23.2 Å². The molecule has 18 heavy (non-hydrogen) atoms. The first-order valence-corrected chi connectivity index (χ1v) is 6.97. The van der Waals surface area contributed by atoms with Crippen molar-refractivity contribution < 1.29 is 4.79 Å². The van der Waals surface area contributed by atoms with Gasteiger partial charge in [0.1, 0.15) is 0 Å². The minimum Gasteiger partial charge on any atom is -0.325 e. The number of nitrogens with one attached hydrogen (secondary N) is 1. The summed E-state index contributed by atoms with van der Waals surface area (Å²) in [4.78, 5) is 13.4. The second-order valence-electron chi connectivity index (χ2n) is 4.87. The molecule has 0 unspecified atom stereocenters. The molecule has 1 aromatic heterocycles. The molecule has 0 radical (unpaired) electrons. The Morgan fingerprint density at radius 3 is 2.89 bits per heavy atom. The Labute approximate surface area is 111 Å². The molecule has 2 nitrogen and oxygen atoms in total. The summed E-state index contributed by atoms with van der Waals surface area (Å²) >= 11 is 1.71. The number of rotatable bonds is 2. The van der Waals surface area contributed by atoms with E-state index in [0.29, 0.717) is 0 Å². The molecule has 2 heterocycles. The smallest absolute Gasteiger partial charge is 0.232 e. The third-order valence-corrected chi connectivity index (χ3v) is 4.33. The van der Waals surface area contributed by atoms with Crippen LogP contribution in [-0.2, 0) is 11.2 Å². The number of carbonyl (C=O) groups excluding carboxylic acids is 1. The lowest BCUT2D eigenvalue weighted by atomic mass is 9.93. The fourth-order valence-electron chi connectivity index (χ4n) is 2.63. The minimum atomic E-state index is -0.0303. The number of anilines is 1. The molecule has 0 saturated heterocycles. The average molecular weight is 257 g/mol. The van der Waals surface area contributed by atoms with E-state index in [1.807, 2.05) is 6.07 Å². The molecule has 1 aliphatic heterocycles. The fourth-order valence-corrected chi connectivity index (χ4v) is 3.38. The van der Waals surface area contributed by atoms with Crippen molar-refractivity contribution >= 4 is 22.9 Å². The summed E-state index contributed by atoms with van der Waals surface area (Å²) in [5.74, 6) is 0.101. The monoisotopic (exact) mass is 257 g/mol. The summed E-state index contributed by atoms with van der Waals surface area (Å²) < 4.78 is 0. The molecule has 0 aliphatic carbocycles.